The number of fused-ring (bicyclic) bond motifs is 1. The van der Waals surface area contributed by atoms with Gasteiger partial charge in [0, 0.05) is 17.8 Å². The monoisotopic (exact) mass is 382 g/mol. The minimum absolute atomic E-state index is 0.0196. The fourth-order valence-electron chi connectivity index (χ4n) is 2.31. The Hall–Kier alpha value is -3.40. The quantitative estimate of drug-likeness (QED) is 0.261. The molecule has 0 aliphatic rings. The molecule has 0 atom stereocenters. The number of anilines is 3. The van der Waals surface area contributed by atoms with Crippen molar-refractivity contribution >= 4 is 53.2 Å². The zero-order valence-corrected chi connectivity index (χ0v) is 15.4. The van der Waals surface area contributed by atoms with Crippen molar-refractivity contribution in [1.29, 1.82) is 5.41 Å². The van der Waals surface area contributed by atoms with Gasteiger partial charge in [0.15, 0.2) is 11.5 Å². The first-order valence-corrected chi connectivity index (χ1v) is 8.50. The van der Waals surface area contributed by atoms with Crippen LogP contribution in [0, 0.1) is 5.41 Å². The Bertz CT molecular complexity index is 1010. The molecule has 0 saturated heterocycles. The molecule has 9 nitrogen and oxygen atoms in total. The zero-order valence-electron chi connectivity index (χ0n) is 14.5. The molecule has 0 saturated carbocycles. The van der Waals surface area contributed by atoms with E-state index in [1.54, 1.807) is 36.5 Å². The van der Waals surface area contributed by atoms with Gasteiger partial charge in [0.25, 0.3) is 0 Å². The molecule has 10 heteroatoms. The number of hydrogen-bond acceptors (Lipinski definition) is 7. The number of urea groups is 1. The zero-order chi connectivity index (χ0) is 19.4. The first-order valence-electron chi connectivity index (χ1n) is 8.10. The van der Waals surface area contributed by atoms with E-state index in [9.17, 15) is 4.79 Å². The van der Waals surface area contributed by atoms with Crippen molar-refractivity contribution in [2.45, 2.75) is 6.92 Å². The van der Waals surface area contributed by atoms with Crippen LogP contribution in [0.1, 0.15) is 12.5 Å². The van der Waals surface area contributed by atoms with E-state index in [1.165, 1.54) is 0 Å². The van der Waals surface area contributed by atoms with Crippen LogP contribution in [0.5, 0.6) is 0 Å². The maximum atomic E-state index is 11.9. The molecule has 3 aromatic rings. The number of rotatable bonds is 5. The van der Waals surface area contributed by atoms with Crippen LogP contribution in [0.2, 0.25) is 0 Å². The van der Waals surface area contributed by atoms with Gasteiger partial charge in [0.05, 0.1) is 6.20 Å². The highest BCUT2D eigenvalue weighted by Gasteiger charge is 2.13. The van der Waals surface area contributed by atoms with Crippen molar-refractivity contribution < 1.29 is 4.79 Å². The van der Waals surface area contributed by atoms with Crippen LogP contribution in [0.15, 0.2) is 42.6 Å². The van der Waals surface area contributed by atoms with Gasteiger partial charge < -0.3 is 16.4 Å². The lowest BCUT2D eigenvalue weighted by Gasteiger charge is -2.15. The van der Waals surface area contributed by atoms with Crippen LogP contribution in [-0.4, -0.2) is 33.4 Å². The highest BCUT2D eigenvalue weighted by molar-refractivity contribution is 7.82. The van der Waals surface area contributed by atoms with Crippen molar-refractivity contribution in [3.8, 4) is 0 Å². The lowest BCUT2D eigenvalue weighted by molar-refractivity contribution is 0.250. The van der Waals surface area contributed by atoms with Crippen LogP contribution in [0.4, 0.5) is 22.1 Å². The summed E-state index contributed by atoms with van der Waals surface area (Å²) in [5, 5.41) is 13.3. The van der Waals surface area contributed by atoms with Gasteiger partial charge in [-0.1, -0.05) is 24.9 Å². The van der Waals surface area contributed by atoms with Gasteiger partial charge in [-0.3, -0.25) is 5.41 Å². The number of carbonyl (C=O) groups is 1. The summed E-state index contributed by atoms with van der Waals surface area (Å²) in [6.45, 7) is 2.30. The molecule has 0 unspecified atom stereocenters. The Morgan fingerprint density at radius 3 is 2.85 bits per heavy atom. The van der Waals surface area contributed by atoms with E-state index < -0.39 is 0 Å². The summed E-state index contributed by atoms with van der Waals surface area (Å²) < 4.78 is 1.11. The molecule has 2 amide bonds. The number of carbonyl (C=O) groups excluding carboxylic acids is 1. The number of nitrogens with two attached hydrogens (primary N) is 1. The average Bonchev–Trinajstić information content (AvgIpc) is 2.67. The van der Waals surface area contributed by atoms with E-state index in [0.717, 1.165) is 4.31 Å². The molecule has 2 heterocycles. The summed E-state index contributed by atoms with van der Waals surface area (Å²) in [6.07, 6.45) is 1.58. The van der Waals surface area contributed by atoms with Crippen molar-refractivity contribution in [2.75, 3.05) is 16.2 Å². The minimum atomic E-state index is -0.379. The average molecular weight is 382 g/mol. The second kappa shape index (κ2) is 7.87. The summed E-state index contributed by atoms with van der Waals surface area (Å²) in [5.41, 5.74) is 7.77. The van der Waals surface area contributed by atoms with Gasteiger partial charge in [-0.05, 0) is 31.2 Å². The lowest BCUT2D eigenvalue weighted by atomic mass is 10.2. The van der Waals surface area contributed by atoms with Gasteiger partial charge in [0.1, 0.15) is 17.2 Å². The van der Waals surface area contributed by atoms with Crippen LogP contribution >= 0.6 is 12.8 Å². The molecule has 0 radical (unpaired) electrons. The molecule has 0 bridgehead atoms. The van der Waals surface area contributed by atoms with E-state index in [2.05, 4.69) is 38.4 Å². The molecule has 27 heavy (non-hydrogen) atoms. The predicted molar refractivity (Wildman–Crippen MR) is 109 cm³/mol. The number of amidine groups is 1. The second-order valence-electron chi connectivity index (χ2n) is 5.53. The summed E-state index contributed by atoms with van der Waals surface area (Å²) in [7, 11) is 0. The Morgan fingerprint density at radius 1 is 1.30 bits per heavy atom. The predicted octanol–water partition coefficient (Wildman–Crippen LogP) is 2.43. The van der Waals surface area contributed by atoms with Crippen molar-refractivity contribution in [3.63, 3.8) is 0 Å². The summed E-state index contributed by atoms with van der Waals surface area (Å²) in [5.74, 6) is 0.784. The number of nitrogens with zero attached hydrogens (tertiary/aromatic N) is 4. The number of nitrogens with one attached hydrogen (secondary N) is 3. The maximum Gasteiger partial charge on any atom is 0.333 e. The van der Waals surface area contributed by atoms with E-state index >= 15 is 0 Å². The Kier molecular flexibility index (Phi) is 5.36. The Balaban J connectivity index is 1.88. The highest BCUT2D eigenvalue weighted by Crippen LogP contribution is 2.20. The Morgan fingerprint density at radius 2 is 2.11 bits per heavy atom. The largest absolute Gasteiger partial charge is 0.384 e. The lowest BCUT2D eigenvalue weighted by Crippen LogP contribution is -2.34. The fraction of sp³-hybridized carbons (Fsp3) is 0.118. The summed E-state index contributed by atoms with van der Waals surface area (Å²) in [4.78, 5) is 25.0. The maximum absolute atomic E-state index is 11.9. The molecule has 5 N–H and O–H groups in total. The minimum Gasteiger partial charge on any atom is -0.384 e. The first-order chi connectivity index (χ1) is 13.0. The molecule has 0 aliphatic heterocycles. The second-order valence-corrected chi connectivity index (χ2v) is 5.93. The first kappa shape index (κ1) is 18.4. The van der Waals surface area contributed by atoms with E-state index in [4.69, 9.17) is 11.1 Å². The molecular weight excluding hydrogens is 364 g/mol. The normalized spacial score (nSPS) is 10.4. The third kappa shape index (κ3) is 4.23. The number of hydrogen-bond donors (Lipinski definition) is 5. The smallest absolute Gasteiger partial charge is 0.333 e. The van der Waals surface area contributed by atoms with Crippen LogP contribution in [0.25, 0.3) is 11.2 Å². The van der Waals surface area contributed by atoms with Crippen LogP contribution < -0.4 is 20.7 Å². The molecule has 138 valence electrons. The summed E-state index contributed by atoms with van der Waals surface area (Å²) >= 11 is 4.17. The number of thiol groups is 1. The fourth-order valence-corrected chi connectivity index (χ4v) is 2.49. The number of nitrogen functional groups attached to an aromatic ring is 1. The van der Waals surface area contributed by atoms with Crippen LogP contribution in [0.3, 0.4) is 0 Å². The van der Waals surface area contributed by atoms with E-state index in [1.807, 2.05) is 13.0 Å². The molecule has 2 aromatic heterocycles. The van der Waals surface area contributed by atoms with Crippen LogP contribution in [-0.2, 0) is 0 Å². The molecular formula is C17H18N8OS. The Labute approximate surface area is 161 Å². The summed E-state index contributed by atoms with van der Waals surface area (Å²) in [6, 6.07) is 10.1. The SMILES string of the molecule is CCNC(=O)N(S)c1ccc2ncc(Nc3cccc(C(=N)N)c3)nc2n1. The third-order valence-corrected chi connectivity index (χ3v) is 3.96. The molecule has 0 spiro atoms. The van der Waals surface area contributed by atoms with E-state index in [-0.39, 0.29) is 11.9 Å². The van der Waals surface area contributed by atoms with Gasteiger partial charge in [-0.25, -0.2) is 24.1 Å². The van der Waals surface area contributed by atoms with Crippen molar-refractivity contribution in [2.24, 2.45) is 5.73 Å². The standard InChI is InChI=1S/C17H18N8OS/c1-2-20-17(26)25(27)14-7-6-12-16(24-14)23-13(9-21-12)22-11-5-3-4-10(8-11)15(18)19/h3-9,27H,2H2,1H3,(H3,18,19)(H,20,26)(H,22,23,24). The highest BCUT2D eigenvalue weighted by atomic mass is 32.1. The molecule has 0 fully saturated rings. The van der Waals surface area contributed by atoms with Crippen molar-refractivity contribution in [3.05, 3.63) is 48.2 Å². The van der Waals surface area contributed by atoms with Gasteiger partial charge in [-0.2, -0.15) is 0 Å². The number of pyridine rings is 1. The molecule has 0 aliphatic carbocycles. The van der Waals surface area contributed by atoms with Gasteiger partial charge in [-0.15, -0.1) is 0 Å². The van der Waals surface area contributed by atoms with Gasteiger partial charge in [0.2, 0.25) is 0 Å². The van der Waals surface area contributed by atoms with E-state index in [0.29, 0.717) is 40.6 Å². The number of aromatic nitrogens is 3. The topological polar surface area (TPSA) is 133 Å². The number of benzene rings is 1. The molecule has 3 rings (SSSR count). The number of amides is 2. The third-order valence-electron chi connectivity index (χ3n) is 3.58. The van der Waals surface area contributed by atoms with Gasteiger partial charge >= 0.3 is 6.03 Å². The van der Waals surface area contributed by atoms with Crippen molar-refractivity contribution in [1.82, 2.24) is 20.3 Å². The molecule has 1 aromatic carbocycles.